The van der Waals surface area contributed by atoms with Gasteiger partial charge in [-0.05, 0) is 5.56 Å². The monoisotopic (exact) mass is 281 g/mol. The number of carbonyl (C=O) groups is 1. The molecule has 0 saturated carbocycles. The number of rotatable bonds is 1. The number of anilines is 1. The highest BCUT2D eigenvalue weighted by atomic mass is 16.2. The Hall–Kier alpha value is -2.96. The topological polar surface area (TPSA) is 92.2 Å². The maximum absolute atomic E-state index is 12.4. The average molecular weight is 281 g/mol. The highest BCUT2D eigenvalue weighted by molar-refractivity contribution is 5.94. The molecule has 7 heteroatoms. The molecule has 0 spiro atoms. The van der Waals surface area contributed by atoms with E-state index in [0.717, 1.165) is 5.56 Å². The molecule has 21 heavy (non-hydrogen) atoms. The second kappa shape index (κ2) is 4.27. The highest BCUT2D eigenvalue weighted by Crippen LogP contribution is 2.34. The molecule has 104 valence electrons. The smallest absolute Gasteiger partial charge is 0.258 e. The number of aromatic nitrogens is 4. The van der Waals surface area contributed by atoms with E-state index in [2.05, 4.69) is 20.4 Å². The van der Waals surface area contributed by atoms with Crippen molar-refractivity contribution in [3.63, 3.8) is 0 Å². The second-order valence-electron chi connectivity index (χ2n) is 4.93. The zero-order valence-corrected chi connectivity index (χ0v) is 10.9. The van der Waals surface area contributed by atoms with Gasteiger partial charge >= 0.3 is 0 Å². The number of amides is 1. The normalized spacial score (nSPS) is 17.5. The zero-order chi connectivity index (χ0) is 14.4. The molecule has 0 bridgehead atoms. The number of fused-ring (bicyclic) bond motifs is 3. The summed E-state index contributed by atoms with van der Waals surface area (Å²) in [5, 5.41) is 6.79. The molecule has 1 aliphatic heterocycles. The first-order valence-corrected chi connectivity index (χ1v) is 6.55. The minimum absolute atomic E-state index is 0.140. The van der Waals surface area contributed by atoms with Crippen molar-refractivity contribution in [3.8, 4) is 0 Å². The van der Waals surface area contributed by atoms with E-state index in [1.807, 2.05) is 30.3 Å². The molecule has 1 aromatic carbocycles. The summed E-state index contributed by atoms with van der Waals surface area (Å²) < 4.78 is 1.45. The molecule has 0 aliphatic carbocycles. The lowest BCUT2D eigenvalue weighted by Gasteiger charge is -2.24. The maximum Gasteiger partial charge on any atom is 0.258 e. The van der Waals surface area contributed by atoms with Gasteiger partial charge in [-0.25, -0.2) is 0 Å². The Labute approximate surface area is 118 Å². The molecule has 7 nitrogen and oxygen atoms in total. The fourth-order valence-electron chi connectivity index (χ4n) is 2.76. The number of H-pyrrole nitrogens is 1. The molecule has 1 amide bonds. The maximum atomic E-state index is 12.4. The summed E-state index contributed by atoms with van der Waals surface area (Å²) >= 11 is 0. The van der Waals surface area contributed by atoms with Gasteiger partial charge in [0.05, 0.1) is 5.56 Å². The summed E-state index contributed by atoms with van der Waals surface area (Å²) in [5.74, 6) is 0.287. The van der Waals surface area contributed by atoms with E-state index in [0.29, 0.717) is 17.2 Å². The Bertz CT molecular complexity index is 897. The van der Waals surface area contributed by atoms with E-state index >= 15 is 0 Å². The van der Waals surface area contributed by atoms with Crippen molar-refractivity contribution in [2.24, 2.45) is 0 Å². The van der Waals surface area contributed by atoms with Crippen LogP contribution in [0.3, 0.4) is 0 Å². The van der Waals surface area contributed by atoms with E-state index in [-0.39, 0.29) is 23.8 Å². The molecule has 3 heterocycles. The predicted molar refractivity (Wildman–Crippen MR) is 75.1 cm³/mol. The van der Waals surface area contributed by atoms with Crippen molar-refractivity contribution in [3.05, 3.63) is 58.1 Å². The second-order valence-corrected chi connectivity index (χ2v) is 4.93. The molecule has 2 aromatic heterocycles. The van der Waals surface area contributed by atoms with Crippen molar-refractivity contribution < 1.29 is 4.79 Å². The molecule has 1 atom stereocenters. The molecular weight excluding hydrogens is 270 g/mol. The van der Waals surface area contributed by atoms with E-state index in [1.54, 1.807) is 0 Å². The van der Waals surface area contributed by atoms with Crippen molar-refractivity contribution >= 4 is 17.5 Å². The van der Waals surface area contributed by atoms with E-state index in [1.165, 1.54) is 10.8 Å². The molecule has 0 fully saturated rings. The summed E-state index contributed by atoms with van der Waals surface area (Å²) in [7, 11) is 0. The van der Waals surface area contributed by atoms with Crippen molar-refractivity contribution in [1.82, 2.24) is 19.6 Å². The number of hydrogen-bond acceptors (Lipinski definition) is 4. The molecule has 3 aromatic rings. The van der Waals surface area contributed by atoms with Gasteiger partial charge in [0.25, 0.3) is 5.56 Å². The van der Waals surface area contributed by atoms with Crippen LogP contribution in [-0.2, 0) is 4.79 Å². The van der Waals surface area contributed by atoms with Gasteiger partial charge in [0.15, 0.2) is 0 Å². The van der Waals surface area contributed by atoms with Gasteiger partial charge in [0.2, 0.25) is 11.7 Å². The van der Waals surface area contributed by atoms with Crippen LogP contribution in [0.5, 0.6) is 0 Å². The molecule has 0 radical (unpaired) electrons. The van der Waals surface area contributed by atoms with Gasteiger partial charge < -0.3 is 5.32 Å². The predicted octanol–water partition coefficient (Wildman–Crippen LogP) is 0.892. The third-order valence-electron chi connectivity index (χ3n) is 3.68. The first kappa shape index (κ1) is 11.8. The molecular formula is C14H11N5O2. The van der Waals surface area contributed by atoms with Gasteiger partial charge in [-0.3, -0.25) is 14.6 Å². The Morgan fingerprint density at radius 1 is 1.19 bits per heavy atom. The molecule has 0 unspecified atom stereocenters. The lowest BCUT2D eigenvalue weighted by molar-refractivity contribution is -0.116. The third kappa shape index (κ3) is 1.74. The van der Waals surface area contributed by atoms with Gasteiger partial charge in [0, 0.05) is 12.3 Å². The fraction of sp³-hybridized carbons (Fsp3) is 0.143. The van der Waals surface area contributed by atoms with Crippen LogP contribution in [0.25, 0.3) is 5.78 Å². The van der Waals surface area contributed by atoms with Crippen LogP contribution in [0, 0.1) is 0 Å². The molecule has 0 saturated heterocycles. The minimum atomic E-state index is -0.285. The van der Waals surface area contributed by atoms with Crippen LogP contribution in [0.15, 0.2) is 41.5 Å². The quantitative estimate of drug-likeness (QED) is 0.693. The van der Waals surface area contributed by atoms with E-state index < -0.39 is 0 Å². The Balaban J connectivity index is 2.03. The largest absolute Gasteiger partial charge is 0.310 e. The first-order valence-electron chi connectivity index (χ1n) is 6.55. The van der Waals surface area contributed by atoms with E-state index in [4.69, 9.17) is 0 Å². The summed E-state index contributed by atoms with van der Waals surface area (Å²) in [4.78, 5) is 31.0. The van der Waals surface area contributed by atoms with Crippen LogP contribution in [0.2, 0.25) is 0 Å². The van der Waals surface area contributed by atoms with E-state index in [9.17, 15) is 9.59 Å². The summed E-state index contributed by atoms with van der Waals surface area (Å²) in [6.45, 7) is 0. The molecule has 1 aliphatic rings. The average Bonchev–Trinajstić information content (AvgIpc) is 2.95. The van der Waals surface area contributed by atoms with Crippen LogP contribution < -0.4 is 10.9 Å². The van der Waals surface area contributed by atoms with Crippen LogP contribution in [-0.4, -0.2) is 25.5 Å². The van der Waals surface area contributed by atoms with Crippen LogP contribution in [0.4, 0.5) is 5.82 Å². The van der Waals surface area contributed by atoms with Crippen molar-refractivity contribution in [1.29, 1.82) is 0 Å². The fourth-order valence-corrected chi connectivity index (χ4v) is 2.76. The van der Waals surface area contributed by atoms with Gasteiger partial charge in [-0.2, -0.15) is 14.6 Å². The lowest BCUT2D eigenvalue weighted by atomic mass is 9.87. The molecule has 2 N–H and O–H groups in total. The Kier molecular flexibility index (Phi) is 2.41. The third-order valence-corrected chi connectivity index (χ3v) is 3.68. The number of hydrogen-bond donors (Lipinski definition) is 2. The van der Waals surface area contributed by atoms with Crippen LogP contribution >= 0.6 is 0 Å². The lowest BCUT2D eigenvalue weighted by Crippen LogP contribution is -2.32. The molecule has 4 rings (SSSR count). The summed E-state index contributed by atoms with van der Waals surface area (Å²) in [6, 6.07) is 9.52. The number of aromatic amines is 1. The number of nitrogens with one attached hydrogen (secondary N) is 2. The van der Waals surface area contributed by atoms with Crippen LogP contribution in [0.1, 0.15) is 23.5 Å². The summed E-state index contributed by atoms with van der Waals surface area (Å²) in [5.41, 5.74) is 1.19. The number of carbonyl (C=O) groups excluding carboxylic acids is 1. The zero-order valence-electron chi connectivity index (χ0n) is 10.9. The van der Waals surface area contributed by atoms with Gasteiger partial charge in [-0.15, -0.1) is 0 Å². The standard InChI is InChI=1S/C14H11N5O2/c20-10-6-9(8-4-2-1-3-5-8)11-12(17-10)19-14(15-7-16-19)18-13(11)21/h1-5,7,9H,6H2,(H,17,20)(H,15,16,18,21)/t9-/m1/s1. The SMILES string of the molecule is O=C1C[C@H](c2ccccc2)c2c(n3ncnc3[nH]c2=O)N1. The van der Waals surface area contributed by atoms with Gasteiger partial charge in [-0.1, -0.05) is 30.3 Å². The van der Waals surface area contributed by atoms with Crippen molar-refractivity contribution in [2.45, 2.75) is 12.3 Å². The summed E-state index contributed by atoms with van der Waals surface area (Å²) in [6.07, 6.45) is 1.57. The minimum Gasteiger partial charge on any atom is -0.310 e. The van der Waals surface area contributed by atoms with Gasteiger partial charge in [0.1, 0.15) is 12.1 Å². The Morgan fingerprint density at radius 2 is 2.00 bits per heavy atom. The first-order chi connectivity index (χ1) is 10.2. The number of nitrogens with zero attached hydrogens (tertiary/aromatic N) is 3. The highest BCUT2D eigenvalue weighted by Gasteiger charge is 2.31. The van der Waals surface area contributed by atoms with Crippen molar-refractivity contribution in [2.75, 3.05) is 5.32 Å². The Morgan fingerprint density at radius 3 is 2.81 bits per heavy atom. The number of benzene rings is 1.